The highest BCUT2D eigenvalue weighted by Gasteiger charge is 2.20. The van der Waals surface area contributed by atoms with Crippen LogP contribution in [-0.2, 0) is 10.0 Å². The summed E-state index contributed by atoms with van der Waals surface area (Å²) in [6.45, 7) is 3.71. The molecule has 0 aliphatic rings. The van der Waals surface area contributed by atoms with E-state index in [2.05, 4.69) is 4.72 Å². The van der Waals surface area contributed by atoms with Crippen molar-refractivity contribution in [2.75, 3.05) is 0 Å². The van der Waals surface area contributed by atoms with Crippen LogP contribution < -0.4 is 4.72 Å². The zero-order valence-corrected chi connectivity index (χ0v) is 14.4. The van der Waals surface area contributed by atoms with Gasteiger partial charge in [0.15, 0.2) is 0 Å². The maximum Gasteiger partial charge on any atom is 0.234 e. The van der Waals surface area contributed by atoms with Crippen molar-refractivity contribution in [1.82, 2.24) is 4.72 Å². The lowest BCUT2D eigenvalue weighted by Crippen LogP contribution is -2.24. The third kappa shape index (κ3) is 3.58. The van der Waals surface area contributed by atoms with Crippen LogP contribution in [-0.4, -0.2) is 8.42 Å². The number of furan rings is 1. The molecule has 1 atom stereocenters. The van der Waals surface area contributed by atoms with E-state index < -0.39 is 16.1 Å². The number of hydrogen-bond donors (Lipinski definition) is 1. The quantitative estimate of drug-likeness (QED) is 0.748. The number of nitrogens with one attached hydrogen (secondary N) is 1. The Labute approximate surface area is 141 Å². The number of aryl methyl sites for hydroxylation is 1. The van der Waals surface area contributed by atoms with Crippen molar-refractivity contribution in [3.8, 4) is 0 Å². The Bertz CT molecular complexity index is 972. The number of rotatable bonds is 5. The molecule has 0 saturated carbocycles. The zero-order chi connectivity index (χ0) is 17.2. The molecule has 4 nitrogen and oxygen atoms in total. The first-order valence-corrected chi connectivity index (χ1v) is 9.24. The van der Waals surface area contributed by atoms with Crippen molar-refractivity contribution in [1.29, 1.82) is 0 Å². The van der Waals surface area contributed by atoms with Crippen LogP contribution in [0.15, 0.2) is 64.4 Å². The van der Waals surface area contributed by atoms with E-state index in [1.807, 2.05) is 61.5 Å². The van der Waals surface area contributed by atoms with Crippen LogP contribution in [0.3, 0.4) is 0 Å². The molecule has 1 heterocycles. The Morgan fingerprint density at radius 1 is 1.04 bits per heavy atom. The Morgan fingerprint density at radius 3 is 2.42 bits per heavy atom. The van der Waals surface area contributed by atoms with Crippen LogP contribution in [0.25, 0.3) is 17.0 Å². The standard InChI is InChI=1S/C19H19NO3S/c1-14-17-10-6-7-11-18(17)23-19(14)15(2)20-24(21,22)13-12-16-8-4-3-5-9-16/h3-13,15,20H,1-2H3/b13-12+. The zero-order valence-electron chi connectivity index (χ0n) is 13.6. The Hall–Kier alpha value is -2.37. The van der Waals surface area contributed by atoms with Crippen molar-refractivity contribution in [3.63, 3.8) is 0 Å². The highest BCUT2D eigenvalue weighted by atomic mass is 32.2. The summed E-state index contributed by atoms with van der Waals surface area (Å²) in [7, 11) is -3.57. The topological polar surface area (TPSA) is 59.3 Å². The van der Waals surface area contributed by atoms with Gasteiger partial charge >= 0.3 is 0 Å². The van der Waals surface area contributed by atoms with E-state index in [4.69, 9.17) is 4.42 Å². The van der Waals surface area contributed by atoms with Crippen molar-refractivity contribution in [2.45, 2.75) is 19.9 Å². The van der Waals surface area contributed by atoms with E-state index in [0.29, 0.717) is 5.76 Å². The molecule has 1 unspecified atom stereocenters. The predicted octanol–water partition coefficient (Wildman–Crippen LogP) is 4.39. The van der Waals surface area contributed by atoms with Gasteiger partial charge in [0.1, 0.15) is 11.3 Å². The van der Waals surface area contributed by atoms with Gasteiger partial charge < -0.3 is 4.42 Å². The maximum atomic E-state index is 12.3. The fourth-order valence-corrected chi connectivity index (χ4v) is 3.69. The second-order valence-electron chi connectivity index (χ2n) is 5.69. The molecule has 124 valence electrons. The lowest BCUT2D eigenvalue weighted by atomic mass is 10.1. The molecule has 1 N–H and O–H groups in total. The van der Waals surface area contributed by atoms with Gasteiger partial charge in [0.05, 0.1) is 6.04 Å². The minimum absolute atomic E-state index is 0.456. The number of para-hydroxylation sites is 1. The Balaban J connectivity index is 1.81. The largest absolute Gasteiger partial charge is 0.459 e. The number of fused-ring (bicyclic) bond motifs is 1. The van der Waals surface area contributed by atoms with Gasteiger partial charge in [0, 0.05) is 16.4 Å². The van der Waals surface area contributed by atoms with Gasteiger partial charge in [0.25, 0.3) is 0 Å². The van der Waals surface area contributed by atoms with E-state index in [1.54, 1.807) is 13.0 Å². The first-order valence-electron chi connectivity index (χ1n) is 7.70. The maximum absolute atomic E-state index is 12.3. The summed E-state index contributed by atoms with van der Waals surface area (Å²) in [6, 6.07) is 16.5. The summed E-state index contributed by atoms with van der Waals surface area (Å²) >= 11 is 0. The van der Waals surface area contributed by atoms with E-state index in [-0.39, 0.29) is 0 Å². The molecule has 2 aromatic carbocycles. The lowest BCUT2D eigenvalue weighted by molar-refractivity contribution is 0.483. The molecule has 0 saturated heterocycles. The molecule has 0 bridgehead atoms. The van der Waals surface area contributed by atoms with Crippen LogP contribution in [0, 0.1) is 6.92 Å². The van der Waals surface area contributed by atoms with Crippen LogP contribution in [0.1, 0.15) is 29.9 Å². The highest BCUT2D eigenvalue weighted by Crippen LogP contribution is 2.29. The van der Waals surface area contributed by atoms with Gasteiger partial charge in [-0.05, 0) is 31.6 Å². The minimum Gasteiger partial charge on any atom is -0.459 e. The van der Waals surface area contributed by atoms with Crippen molar-refractivity contribution in [3.05, 3.63) is 76.9 Å². The molecule has 0 spiro atoms. The molecule has 1 aromatic heterocycles. The van der Waals surface area contributed by atoms with Gasteiger partial charge in [-0.15, -0.1) is 0 Å². The molecule has 0 aliphatic heterocycles. The normalized spacial score (nSPS) is 13.6. The molecule has 24 heavy (non-hydrogen) atoms. The monoisotopic (exact) mass is 341 g/mol. The summed E-state index contributed by atoms with van der Waals surface area (Å²) in [6.07, 6.45) is 1.57. The lowest BCUT2D eigenvalue weighted by Gasteiger charge is -2.10. The second kappa shape index (κ2) is 6.63. The van der Waals surface area contributed by atoms with Gasteiger partial charge in [-0.3, -0.25) is 0 Å². The third-order valence-corrected chi connectivity index (χ3v) is 5.03. The fraction of sp³-hybridized carbons (Fsp3) is 0.158. The summed E-state index contributed by atoms with van der Waals surface area (Å²) in [5.41, 5.74) is 2.54. The first kappa shape index (κ1) is 16.5. The number of hydrogen-bond acceptors (Lipinski definition) is 3. The molecule has 0 fully saturated rings. The van der Waals surface area contributed by atoms with Crippen molar-refractivity contribution in [2.24, 2.45) is 0 Å². The third-order valence-electron chi connectivity index (χ3n) is 3.85. The number of benzene rings is 2. The summed E-state index contributed by atoms with van der Waals surface area (Å²) < 4.78 is 33.0. The van der Waals surface area contributed by atoms with Gasteiger partial charge in [-0.25, -0.2) is 13.1 Å². The molecular weight excluding hydrogens is 322 g/mol. The van der Waals surface area contributed by atoms with Gasteiger partial charge in [0.2, 0.25) is 10.0 Å². The molecular formula is C19H19NO3S. The van der Waals surface area contributed by atoms with Crippen molar-refractivity contribution >= 4 is 27.1 Å². The first-order chi connectivity index (χ1) is 11.5. The van der Waals surface area contributed by atoms with Crippen molar-refractivity contribution < 1.29 is 12.8 Å². The fourth-order valence-electron chi connectivity index (χ4n) is 2.68. The molecule has 0 amide bonds. The minimum atomic E-state index is -3.57. The smallest absolute Gasteiger partial charge is 0.234 e. The van der Waals surface area contributed by atoms with Crippen LogP contribution in [0.2, 0.25) is 0 Å². The Morgan fingerprint density at radius 2 is 1.71 bits per heavy atom. The SMILES string of the molecule is Cc1c(C(C)NS(=O)(=O)/C=C/c2ccccc2)oc2ccccc12. The van der Waals surface area contributed by atoms with Crippen LogP contribution in [0.5, 0.6) is 0 Å². The average molecular weight is 341 g/mol. The average Bonchev–Trinajstić information content (AvgIpc) is 2.91. The van der Waals surface area contributed by atoms with E-state index in [1.165, 1.54) is 5.41 Å². The molecule has 3 aromatic rings. The molecule has 0 radical (unpaired) electrons. The van der Waals surface area contributed by atoms with Crippen LogP contribution >= 0.6 is 0 Å². The Kier molecular flexibility index (Phi) is 4.55. The van der Waals surface area contributed by atoms with E-state index in [9.17, 15) is 8.42 Å². The molecule has 0 aliphatic carbocycles. The second-order valence-corrected chi connectivity index (χ2v) is 7.28. The summed E-state index contributed by atoms with van der Waals surface area (Å²) in [5, 5.41) is 2.18. The molecule has 3 rings (SSSR count). The van der Waals surface area contributed by atoms with Crippen LogP contribution in [0.4, 0.5) is 0 Å². The summed E-state index contributed by atoms with van der Waals surface area (Å²) in [5.74, 6) is 0.632. The summed E-state index contributed by atoms with van der Waals surface area (Å²) in [4.78, 5) is 0. The van der Waals surface area contributed by atoms with Gasteiger partial charge in [-0.1, -0.05) is 48.5 Å². The van der Waals surface area contributed by atoms with E-state index >= 15 is 0 Å². The highest BCUT2D eigenvalue weighted by molar-refractivity contribution is 7.92. The number of sulfonamides is 1. The molecule has 5 heteroatoms. The predicted molar refractivity (Wildman–Crippen MR) is 96.9 cm³/mol. The van der Waals surface area contributed by atoms with Gasteiger partial charge in [-0.2, -0.15) is 0 Å². The van der Waals surface area contributed by atoms with E-state index in [0.717, 1.165) is 22.1 Å².